The SMILES string of the molecule is C=C(CS)Cn1c(C)nc2ccccc21. The molecule has 0 radical (unpaired) electrons. The molecule has 0 saturated carbocycles. The Labute approximate surface area is 95.0 Å². The van der Waals surface area contributed by atoms with Gasteiger partial charge in [-0.15, -0.1) is 0 Å². The van der Waals surface area contributed by atoms with Crippen molar-refractivity contribution in [3.63, 3.8) is 0 Å². The molecule has 0 aliphatic rings. The minimum absolute atomic E-state index is 0.714. The highest BCUT2D eigenvalue weighted by Crippen LogP contribution is 2.16. The van der Waals surface area contributed by atoms with E-state index in [-0.39, 0.29) is 0 Å². The van der Waals surface area contributed by atoms with E-state index in [1.807, 2.05) is 25.1 Å². The summed E-state index contributed by atoms with van der Waals surface area (Å²) in [5, 5.41) is 0. The number of benzene rings is 1. The van der Waals surface area contributed by atoms with Gasteiger partial charge in [-0.1, -0.05) is 18.7 Å². The fraction of sp³-hybridized carbons (Fsp3) is 0.250. The Morgan fingerprint density at radius 2 is 2.20 bits per heavy atom. The molecule has 0 aliphatic heterocycles. The van der Waals surface area contributed by atoms with Gasteiger partial charge in [-0.05, 0) is 24.6 Å². The molecule has 2 nitrogen and oxygen atoms in total. The molecule has 0 spiro atoms. The molecule has 0 atom stereocenters. The van der Waals surface area contributed by atoms with Crippen LogP contribution in [-0.4, -0.2) is 15.3 Å². The van der Waals surface area contributed by atoms with Crippen molar-refractivity contribution >= 4 is 23.7 Å². The van der Waals surface area contributed by atoms with Gasteiger partial charge in [0.25, 0.3) is 0 Å². The first-order chi connectivity index (χ1) is 7.22. The zero-order valence-electron chi connectivity index (χ0n) is 8.77. The molecule has 0 aliphatic carbocycles. The smallest absolute Gasteiger partial charge is 0.107 e. The van der Waals surface area contributed by atoms with Gasteiger partial charge in [-0.2, -0.15) is 12.6 Å². The Morgan fingerprint density at radius 3 is 2.93 bits per heavy atom. The third kappa shape index (κ3) is 1.92. The van der Waals surface area contributed by atoms with Crippen LogP contribution in [0.3, 0.4) is 0 Å². The van der Waals surface area contributed by atoms with Gasteiger partial charge in [-0.25, -0.2) is 4.98 Å². The van der Waals surface area contributed by atoms with E-state index in [4.69, 9.17) is 0 Å². The Hall–Kier alpha value is -1.22. The molecule has 1 aromatic carbocycles. The van der Waals surface area contributed by atoms with Gasteiger partial charge in [0.2, 0.25) is 0 Å². The van der Waals surface area contributed by atoms with Crippen LogP contribution in [0.4, 0.5) is 0 Å². The Kier molecular flexibility index (Phi) is 2.82. The molecule has 0 saturated heterocycles. The Morgan fingerprint density at radius 1 is 1.47 bits per heavy atom. The van der Waals surface area contributed by atoms with Crippen molar-refractivity contribution in [3.8, 4) is 0 Å². The molecular formula is C12H14N2S. The van der Waals surface area contributed by atoms with Crippen LogP contribution < -0.4 is 0 Å². The van der Waals surface area contributed by atoms with E-state index in [1.54, 1.807) is 0 Å². The summed E-state index contributed by atoms with van der Waals surface area (Å²) in [5.41, 5.74) is 3.31. The molecular weight excluding hydrogens is 204 g/mol. The second-order valence-corrected chi connectivity index (χ2v) is 3.96. The highest BCUT2D eigenvalue weighted by molar-refractivity contribution is 7.80. The molecule has 2 aromatic rings. The van der Waals surface area contributed by atoms with Crippen LogP contribution in [0.25, 0.3) is 11.0 Å². The van der Waals surface area contributed by atoms with Crippen molar-refractivity contribution in [3.05, 3.63) is 42.2 Å². The highest BCUT2D eigenvalue weighted by Gasteiger charge is 2.06. The number of hydrogen-bond donors (Lipinski definition) is 1. The summed E-state index contributed by atoms with van der Waals surface area (Å²) in [6.07, 6.45) is 0. The summed E-state index contributed by atoms with van der Waals surface area (Å²) in [6.45, 7) is 6.79. The molecule has 2 rings (SSSR count). The summed E-state index contributed by atoms with van der Waals surface area (Å²) >= 11 is 4.22. The number of aromatic nitrogens is 2. The quantitative estimate of drug-likeness (QED) is 0.619. The van der Waals surface area contributed by atoms with Gasteiger partial charge in [0.1, 0.15) is 5.82 Å². The zero-order valence-corrected chi connectivity index (χ0v) is 9.67. The monoisotopic (exact) mass is 218 g/mol. The zero-order chi connectivity index (χ0) is 10.8. The average molecular weight is 218 g/mol. The fourth-order valence-corrected chi connectivity index (χ4v) is 1.77. The largest absolute Gasteiger partial charge is 0.324 e. The number of aryl methyl sites for hydroxylation is 1. The van der Waals surface area contributed by atoms with Gasteiger partial charge in [-0.3, -0.25) is 0 Å². The van der Waals surface area contributed by atoms with E-state index in [9.17, 15) is 0 Å². The average Bonchev–Trinajstić information content (AvgIpc) is 2.55. The lowest BCUT2D eigenvalue weighted by atomic mass is 10.3. The number of thiol groups is 1. The lowest BCUT2D eigenvalue weighted by molar-refractivity contribution is 0.777. The molecule has 0 N–H and O–H groups in total. The van der Waals surface area contributed by atoms with Gasteiger partial charge in [0.15, 0.2) is 0 Å². The second kappa shape index (κ2) is 4.11. The first kappa shape index (κ1) is 10.3. The Bertz CT molecular complexity index is 499. The third-order valence-electron chi connectivity index (χ3n) is 2.45. The normalized spacial score (nSPS) is 10.8. The van der Waals surface area contributed by atoms with E-state index in [1.165, 1.54) is 0 Å². The van der Waals surface area contributed by atoms with Crippen LogP contribution in [0.15, 0.2) is 36.4 Å². The maximum atomic E-state index is 4.50. The molecule has 1 heterocycles. The fourth-order valence-electron chi connectivity index (χ4n) is 1.67. The van der Waals surface area contributed by atoms with Gasteiger partial charge < -0.3 is 4.57 Å². The van der Waals surface area contributed by atoms with Crippen LogP contribution in [0, 0.1) is 6.92 Å². The van der Waals surface area contributed by atoms with Gasteiger partial charge in [0, 0.05) is 12.3 Å². The van der Waals surface area contributed by atoms with Gasteiger partial charge >= 0.3 is 0 Å². The van der Waals surface area contributed by atoms with Crippen molar-refractivity contribution < 1.29 is 0 Å². The number of imidazole rings is 1. The number of para-hydroxylation sites is 2. The lowest BCUT2D eigenvalue weighted by Gasteiger charge is -2.07. The topological polar surface area (TPSA) is 17.8 Å². The minimum atomic E-state index is 0.714. The van der Waals surface area contributed by atoms with E-state index >= 15 is 0 Å². The second-order valence-electron chi connectivity index (χ2n) is 3.64. The van der Waals surface area contributed by atoms with Crippen LogP contribution in [0.1, 0.15) is 5.82 Å². The highest BCUT2D eigenvalue weighted by atomic mass is 32.1. The minimum Gasteiger partial charge on any atom is -0.324 e. The van der Waals surface area contributed by atoms with Crippen molar-refractivity contribution in [2.24, 2.45) is 0 Å². The lowest BCUT2D eigenvalue weighted by Crippen LogP contribution is -2.03. The first-order valence-corrected chi connectivity index (χ1v) is 5.55. The van der Waals surface area contributed by atoms with E-state index in [0.29, 0.717) is 5.75 Å². The summed E-state index contributed by atoms with van der Waals surface area (Å²) in [7, 11) is 0. The summed E-state index contributed by atoms with van der Waals surface area (Å²) in [6, 6.07) is 8.15. The van der Waals surface area contributed by atoms with Crippen LogP contribution >= 0.6 is 12.6 Å². The van der Waals surface area contributed by atoms with Crippen molar-refractivity contribution in [2.75, 3.05) is 5.75 Å². The molecule has 0 amide bonds. The summed E-state index contributed by atoms with van der Waals surface area (Å²) in [4.78, 5) is 4.50. The van der Waals surface area contributed by atoms with Crippen molar-refractivity contribution in [1.29, 1.82) is 0 Å². The number of rotatable bonds is 3. The van der Waals surface area contributed by atoms with Crippen molar-refractivity contribution in [1.82, 2.24) is 9.55 Å². The maximum Gasteiger partial charge on any atom is 0.107 e. The Balaban J connectivity index is 2.49. The molecule has 1 aromatic heterocycles. The first-order valence-electron chi connectivity index (χ1n) is 4.91. The molecule has 0 bridgehead atoms. The van der Waals surface area contributed by atoms with E-state index in [0.717, 1.165) is 29.0 Å². The van der Waals surface area contributed by atoms with Crippen LogP contribution in [0.2, 0.25) is 0 Å². The number of fused-ring (bicyclic) bond motifs is 1. The maximum absolute atomic E-state index is 4.50. The predicted octanol–water partition coefficient (Wildman–Crippen LogP) is 2.83. The summed E-state index contributed by atoms with van der Waals surface area (Å²) < 4.78 is 2.17. The molecule has 0 fully saturated rings. The third-order valence-corrected chi connectivity index (χ3v) is 2.90. The molecule has 15 heavy (non-hydrogen) atoms. The van der Waals surface area contributed by atoms with Crippen LogP contribution in [0.5, 0.6) is 0 Å². The predicted molar refractivity (Wildman–Crippen MR) is 67.5 cm³/mol. The molecule has 78 valence electrons. The van der Waals surface area contributed by atoms with Gasteiger partial charge in [0.05, 0.1) is 11.0 Å². The standard InChI is InChI=1S/C12H14N2S/c1-9(8-15)7-14-10(2)13-11-5-3-4-6-12(11)14/h3-6,15H,1,7-8H2,2H3. The summed E-state index contributed by atoms with van der Waals surface area (Å²) in [5.74, 6) is 1.74. The van der Waals surface area contributed by atoms with E-state index < -0.39 is 0 Å². The molecule has 0 unspecified atom stereocenters. The number of nitrogens with zero attached hydrogens (tertiary/aromatic N) is 2. The number of hydrogen-bond acceptors (Lipinski definition) is 2. The van der Waals surface area contributed by atoms with Crippen LogP contribution in [-0.2, 0) is 6.54 Å². The van der Waals surface area contributed by atoms with E-state index in [2.05, 4.69) is 34.8 Å². The van der Waals surface area contributed by atoms with Crippen molar-refractivity contribution in [2.45, 2.75) is 13.5 Å². The molecule has 3 heteroatoms.